The molecule has 176 valence electrons. The van der Waals surface area contributed by atoms with Gasteiger partial charge < -0.3 is 9.30 Å². The van der Waals surface area contributed by atoms with Crippen LogP contribution in [0.4, 0.5) is 14.7 Å². The molecule has 2 aliphatic rings. The summed E-state index contributed by atoms with van der Waals surface area (Å²) in [6.07, 6.45) is 4.59. The Bertz CT molecular complexity index is 1440. The van der Waals surface area contributed by atoms with Crippen LogP contribution in [-0.2, 0) is 18.0 Å². The Morgan fingerprint density at radius 1 is 1.21 bits per heavy atom. The standard InChI is InChI=1S/C24H22F2N4O3S/c1-14-10-20(19(26)11-18(14)25)33-21-12-27-24(30-8-5-9-34(30)32)28-22(21)17-13-29(2)23(31)16-7-4-3-6-15(16)17/h3-4,6-7,10-14,18H,5,8-9H2,1-2H3. The first-order valence-electron chi connectivity index (χ1n) is 10.9. The molecule has 1 saturated heterocycles. The SMILES string of the molecule is CC1C=C(Oc2cnc(N3CCCS3=O)nc2-c2cn(C)c(=O)c3ccccc23)C(F)=CC1F. The van der Waals surface area contributed by atoms with Gasteiger partial charge in [-0.05, 0) is 30.0 Å². The largest absolute Gasteiger partial charge is 0.451 e. The lowest BCUT2D eigenvalue weighted by Crippen LogP contribution is -2.22. The molecule has 0 bridgehead atoms. The second-order valence-corrected chi connectivity index (χ2v) is 9.81. The highest BCUT2D eigenvalue weighted by Crippen LogP contribution is 2.37. The maximum absolute atomic E-state index is 14.5. The molecule has 3 heterocycles. The number of ether oxygens (including phenoxy) is 1. The first-order valence-corrected chi connectivity index (χ1v) is 12.1. The van der Waals surface area contributed by atoms with Crippen LogP contribution in [-0.4, -0.2) is 37.2 Å². The number of hydrogen-bond donors (Lipinski definition) is 0. The van der Waals surface area contributed by atoms with Crippen LogP contribution in [0.15, 0.2) is 65.2 Å². The predicted molar refractivity (Wildman–Crippen MR) is 127 cm³/mol. The summed E-state index contributed by atoms with van der Waals surface area (Å²) in [4.78, 5) is 21.7. The van der Waals surface area contributed by atoms with E-state index in [9.17, 15) is 17.8 Å². The van der Waals surface area contributed by atoms with Crippen LogP contribution >= 0.6 is 0 Å². The van der Waals surface area contributed by atoms with Gasteiger partial charge in [0.1, 0.15) is 22.9 Å². The number of rotatable bonds is 4. The van der Waals surface area contributed by atoms with E-state index in [4.69, 9.17) is 4.74 Å². The van der Waals surface area contributed by atoms with Crippen molar-refractivity contribution in [3.8, 4) is 17.0 Å². The number of nitrogens with zero attached hydrogens (tertiary/aromatic N) is 4. The van der Waals surface area contributed by atoms with E-state index in [1.165, 1.54) is 16.8 Å². The van der Waals surface area contributed by atoms with Crippen molar-refractivity contribution in [3.05, 3.63) is 70.8 Å². The first kappa shape index (κ1) is 22.4. The van der Waals surface area contributed by atoms with Gasteiger partial charge in [-0.1, -0.05) is 25.1 Å². The lowest BCUT2D eigenvalue weighted by atomic mass is 9.99. The molecule has 0 radical (unpaired) electrons. The highest BCUT2D eigenvalue weighted by atomic mass is 32.2. The van der Waals surface area contributed by atoms with Crippen LogP contribution in [0.25, 0.3) is 22.0 Å². The van der Waals surface area contributed by atoms with Crippen molar-refractivity contribution < 1.29 is 17.7 Å². The van der Waals surface area contributed by atoms with Crippen molar-refractivity contribution in [2.24, 2.45) is 13.0 Å². The summed E-state index contributed by atoms with van der Waals surface area (Å²) in [6.45, 7) is 2.17. The Hall–Kier alpha value is -3.40. The number of anilines is 1. The molecule has 3 unspecified atom stereocenters. The smallest absolute Gasteiger partial charge is 0.258 e. The average Bonchev–Trinajstić information content (AvgIpc) is 3.26. The molecule has 5 rings (SSSR count). The lowest BCUT2D eigenvalue weighted by Gasteiger charge is -2.21. The molecular weight excluding hydrogens is 462 g/mol. The molecule has 2 aromatic heterocycles. The molecule has 0 spiro atoms. The van der Waals surface area contributed by atoms with Crippen molar-refractivity contribution in [2.45, 2.75) is 19.5 Å². The van der Waals surface area contributed by atoms with Gasteiger partial charge in [-0.25, -0.2) is 23.0 Å². The Kier molecular flexibility index (Phi) is 5.76. The van der Waals surface area contributed by atoms with Crippen LogP contribution in [0.5, 0.6) is 5.75 Å². The third-order valence-electron chi connectivity index (χ3n) is 5.91. The molecule has 7 nitrogen and oxygen atoms in total. The summed E-state index contributed by atoms with van der Waals surface area (Å²) in [6, 6.07) is 7.08. The number of allylic oxidation sites excluding steroid dienone is 3. The number of benzene rings is 1. The molecule has 34 heavy (non-hydrogen) atoms. The summed E-state index contributed by atoms with van der Waals surface area (Å²) < 4.78 is 49.8. The summed E-state index contributed by atoms with van der Waals surface area (Å²) in [7, 11) is 0.382. The number of alkyl halides is 1. The molecule has 3 atom stereocenters. The van der Waals surface area contributed by atoms with Crippen LogP contribution in [0, 0.1) is 5.92 Å². The van der Waals surface area contributed by atoms with Crippen molar-refractivity contribution in [1.82, 2.24) is 14.5 Å². The maximum Gasteiger partial charge on any atom is 0.258 e. The van der Waals surface area contributed by atoms with E-state index in [1.54, 1.807) is 48.7 Å². The zero-order valence-electron chi connectivity index (χ0n) is 18.6. The van der Waals surface area contributed by atoms with Gasteiger partial charge in [0.15, 0.2) is 17.3 Å². The molecule has 1 aliphatic heterocycles. The summed E-state index contributed by atoms with van der Waals surface area (Å²) in [5.41, 5.74) is 0.700. The van der Waals surface area contributed by atoms with Gasteiger partial charge in [-0.15, -0.1) is 0 Å². The Morgan fingerprint density at radius 2 is 1.97 bits per heavy atom. The minimum Gasteiger partial charge on any atom is -0.451 e. The van der Waals surface area contributed by atoms with Crippen LogP contribution < -0.4 is 14.6 Å². The third kappa shape index (κ3) is 3.91. The maximum atomic E-state index is 14.5. The number of aromatic nitrogens is 3. The Labute approximate surface area is 197 Å². The van der Waals surface area contributed by atoms with Crippen molar-refractivity contribution in [2.75, 3.05) is 16.6 Å². The molecule has 10 heteroatoms. The number of pyridine rings is 1. The minimum absolute atomic E-state index is 0.127. The summed E-state index contributed by atoms with van der Waals surface area (Å²) >= 11 is 0. The molecule has 0 saturated carbocycles. The molecule has 0 N–H and O–H groups in total. The van der Waals surface area contributed by atoms with Gasteiger partial charge in [0.2, 0.25) is 5.95 Å². The molecule has 3 aromatic rings. The van der Waals surface area contributed by atoms with Crippen molar-refractivity contribution in [3.63, 3.8) is 0 Å². The lowest BCUT2D eigenvalue weighted by molar-refractivity contribution is 0.302. The number of halogens is 2. The summed E-state index contributed by atoms with van der Waals surface area (Å²) in [5, 5.41) is 1.11. The Morgan fingerprint density at radius 3 is 2.71 bits per heavy atom. The minimum atomic E-state index is -1.44. The highest BCUT2D eigenvalue weighted by molar-refractivity contribution is 7.86. The number of hydrogen-bond acceptors (Lipinski definition) is 5. The van der Waals surface area contributed by atoms with Crippen molar-refractivity contribution >= 4 is 27.7 Å². The van der Waals surface area contributed by atoms with Crippen LogP contribution in [0.2, 0.25) is 0 Å². The molecule has 0 amide bonds. The second kappa shape index (κ2) is 8.75. The average molecular weight is 485 g/mol. The third-order valence-corrected chi connectivity index (χ3v) is 7.39. The first-order chi connectivity index (χ1) is 16.3. The molecule has 1 aromatic carbocycles. The van der Waals surface area contributed by atoms with Crippen LogP contribution in [0.3, 0.4) is 0 Å². The van der Waals surface area contributed by atoms with E-state index in [2.05, 4.69) is 9.97 Å². The summed E-state index contributed by atoms with van der Waals surface area (Å²) in [5.74, 6) is -0.600. The van der Waals surface area contributed by atoms with Gasteiger partial charge in [-0.3, -0.25) is 9.10 Å². The van der Waals surface area contributed by atoms with Gasteiger partial charge in [0, 0.05) is 42.4 Å². The fourth-order valence-electron chi connectivity index (χ4n) is 4.07. The van der Waals surface area contributed by atoms with Crippen molar-refractivity contribution in [1.29, 1.82) is 0 Å². The highest BCUT2D eigenvalue weighted by Gasteiger charge is 2.27. The van der Waals surface area contributed by atoms with E-state index in [-0.39, 0.29) is 23.0 Å². The topological polar surface area (TPSA) is 77.3 Å². The van der Waals surface area contributed by atoms with Gasteiger partial charge in [0.25, 0.3) is 5.56 Å². The normalized spacial score (nSPS) is 22.6. The fourth-order valence-corrected chi connectivity index (χ4v) is 5.27. The number of fused-ring (bicyclic) bond motifs is 1. The van der Waals surface area contributed by atoms with E-state index in [0.29, 0.717) is 34.3 Å². The predicted octanol–water partition coefficient (Wildman–Crippen LogP) is 3.97. The molecular formula is C24H22F2N4O3S. The quantitative estimate of drug-likeness (QED) is 0.560. The van der Waals surface area contributed by atoms with Gasteiger partial charge >= 0.3 is 0 Å². The Balaban J connectivity index is 1.70. The fraction of sp³-hybridized carbons (Fsp3) is 0.292. The van der Waals surface area contributed by atoms with E-state index < -0.39 is 28.9 Å². The zero-order chi connectivity index (χ0) is 24.0. The zero-order valence-corrected chi connectivity index (χ0v) is 19.4. The van der Waals surface area contributed by atoms with E-state index in [1.807, 2.05) is 0 Å². The second-order valence-electron chi connectivity index (χ2n) is 8.32. The van der Waals surface area contributed by atoms with Gasteiger partial charge in [-0.2, -0.15) is 0 Å². The number of aryl methyl sites for hydroxylation is 1. The molecule has 1 fully saturated rings. The van der Waals surface area contributed by atoms with Gasteiger partial charge in [0.05, 0.1) is 6.20 Å². The molecule has 1 aliphatic carbocycles. The van der Waals surface area contributed by atoms with E-state index in [0.717, 1.165) is 12.5 Å². The monoisotopic (exact) mass is 484 g/mol. The van der Waals surface area contributed by atoms with E-state index >= 15 is 0 Å². The van der Waals surface area contributed by atoms with Crippen LogP contribution in [0.1, 0.15) is 13.3 Å².